The van der Waals surface area contributed by atoms with E-state index < -0.39 is 31.4 Å². The number of carbonyl (C=O) groups excluding carboxylic acids is 1. The molecule has 0 unspecified atom stereocenters. The summed E-state index contributed by atoms with van der Waals surface area (Å²) in [6.45, 7) is 4.56. The van der Waals surface area contributed by atoms with E-state index in [2.05, 4.69) is 48.0 Å². The number of nitrogens with zero attached hydrogens (tertiary/aromatic N) is 4. The molecule has 5 fully saturated rings. The number of nitro groups is 1. The van der Waals surface area contributed by atoms with E-state index in [-0.39, 0.29) is 22.9 Å². The maximum Gasteiger partial charge on any atom is 0.293 e. The summed E-state index contributed by atoms with van der Waals surface area (Å²) in [5.41, 5.74) is 4.45. The Bertz CT molecular complexity index is 2650. The van der Waals surface area contributed by atoms with Gasteiger partial charge < -0.3 is 24.7 Å². The van der Waals surface area contributed by atoms with E-state index in [1.165, 1.54) is 61.8 Å². The highest BCUT2D eigenvalue weighted by Gasteiger charge is 2.50. The van der Waals surface area contributed by atoms with Crippen LogP contribution in [0.25, 0.3) is 11.0 Å². The lowest BCUT2D eigenvalue weighted by atomic mass is 9.59. The van der Waals surface area contributed by atoms with Gasteiger partial charge in [-0.3, -0.25) is 19.8 Å². The Labute approximate surface area is 371 Å². The van der Waals surface area contributed by atoms with Crippen molar-refractivity contribution in [3.8, 4) is 11.5 Å². The molecule has 63 heavy (non-hydrogen) atoms. The van der Waals surface area contributed by atoms with Crippen LogP contribution in [0.1, 0.15) is 97.7 Å². The summed E-state index contributed by atoms with van der Waals surface area (Å²) in [5, 5.41) is 16.9. The van der Waals surface area contributed by atoms with Gasteiger partial charge in [0, 0.05) is 79.4 Å². The minimum Gasteiger partial charge on any atom is -0.455 e. The van der Waals surface area contributed by atoms with E-state index in [1.807, 2.05) is 12.1 Å². The topological polar surface area (TPSA) is 172 Å². The molecule has 5 aliphatic rings. The van der Waals surface area contributed by atoms with E-state index in [0.29, 0.717) is 54.6 Å². The molecule has 2 aromatic heterocycles. The van der Waals surface area contributed by atoms with Crippen molar-refractivity contribution in [3.05, 3.63) is 111 Å². The number of amides is 1. The predicted molar refractivity (Wildman–Crippen MR) is 241 cm³/mol. The second kappa shape index (κ2) is 17.1. The SMILES string of the molecule is O=C(NS(=O)(=O)c1ccc(NCC2CCOCC2)c([N+](=O)[O-])c1)c1ccc(N2CCC3(CC2)CC(N2CCC[C@@H]2c2cccc(Cl)c2C2CC2)C3)cc1Oc1cnc2[nH]ccc2c1. The molecule has 2 aliphatic carbocycles. The largest absolute Gasteiger partial charge is 0.455 e. The zero-order valence-electron chi connectivity index (χ0n) is 35.1. The van der Waals surface area contributed by atoms with Crippen molar-refractivity contribution in [3.63, 3.8) is 0 Å². The van der Waals surface area contributed by atoms with Gasteiger partial charge in [-0.15, -0.1) is 0 Å². The number of aromatic amines is 1. The van der Waals surface area contributed by atoms with Gasteiger partial charge in [0.05, 0.1) is 21.6 Å². The van der Waals surface area contributed by atoms with Gasteiger partial charge in [0.15, 0.2) is 0 Å². The van der Waals surface area contributed by atoms with Crippen LogP contribution in [-0.2, 0) is 14.8 Å². The number of rotatable bonds is 13. The van der Waals surface area contributed by atoms with Gasteiger partial charge in [0.25, 0.3) is 21.6 Å². The number of carbonyl (C=O) groups is 1. The first-order valence-electron chi connectivity index (χ1n) is 22.2. The Balaban J connectivity index is 0.841. The number of nitro benzene ring substituents is 1. The van der Waals surface area contributed by atoms with E-state index in [0.717, 1.165) is 67.5 Å². The summed E-state index contributed by atoms with van der Waals surface area (Å²) < 4.78 is 41.3. The molecule has 0 radical (unpaired) electrons. The number of hydrogen-bond donors (Lipinski definition) is 3. The van der Waals surface area contributed by atoms with Crippen LogP contribution in [0.5, 0.6) is 11.5 Å². The van der Waals surface area contributed by atoms with Gasteiger partial charge in [-0.2, -0.15) is 0 Å². The molecule has 330 valence electrons. The molecule has 3 aromatic carbocycles. The Morgan fingerprint density at radius 2 is 1.81 bits per heavy atom. The monoisotopic (exact) mass is 893 g/mol. The molecule has 1 spiro atoms. The standard InChI is InChI=1S/C47H52ClN7O7S/c48-39-4-1-3-37(44(39)31-6-7-31)41-5-2-18-54(41)34-26-47(27-34)15-19-53(20-16-47)33-8-10-38(43(24-33)62-35-23-32-12-17-49-45(32)51-29-35)46(56)52-63(59,60)36-9-11-40(42(25-36)55(57)58)50-28-30-13-21-61-22-14-30/h1,3-4,8-12,17,23-25,29-31,34,41,50H,2,5-7,13-16,18-22,26-28H2,(H,49,51)(H,52,56)/t41-/m1/s1. The van der Waals surface area contributed by atoms with Gasteiger partial charge in [-0.25, -0.2) is 18.1 Å². The lowest BCUT2D eigenvalue weighted by Crippen LogP contribution is -2.54. The third kappa shape index (κ3) is 8.60. The minimum atomic E-state index is -4.54. The predicted octanol–water partition coefficient (Wildman–Crippen LogP) is 9.34. The average molecular weight is 894 g/mol. The van der Waals surface area contributed by atoms with E-state index >= 15 is 0 Å². The Morgan fingerprint density at radius 1 is 1.00 bits per heavy atom. The second-order valence-corrected chi connectivity index (χ2v) is 20.2. The number of pyridine rings is 1. The minimum absolute atomic E-state index is 0.0132. The lowest BCUT2D eigenvalue weighted by molar-refractivity contribution is -0.384. The number of sulfonamides is 1. The fourth-order valence-corrected chi connectivity index (χ4v) is 11.9. The lowest BCUT2D eigenvalue weighted by Gasteiger charge is -2.56. The van der Waals surface area contributed by atoms with E-state index in [1.54, 1.807) is 30.6 Å². The van der Waals surface area contributed by atoms with Crippen LogP contribution in [0.15, 0.2) is 84.0 Å². The Hall–Kier alpha value is -5.22. The Morgan fingerprint density at radius 3 is 2.59 bits per heavy atom. The normalized spacial score (nSPS) is 20.8. The molecule has 0 bridgehead atoms. The number of piperidine rings is 1. The van der Waals surface area contributed by atoms with Crippen LogP contribution in [0.3, 0.4) is 0 Å². The van der Waals surface area contributed by atoms with Crippen molar-refractivity contribution >= 4 is 55.6 Å². The number of likely N-dealkylation sites (tertiary alicyclic amines) is 1. The van der Waals surface area contributed by atoms with Crippen LogP contribution in [0.4, 0.5) is 17.1 Å². The summed E-state index contributed by atoms with van der Waals surface area (Å²) in [6.07, 6.45) is 14.3. The summed E-state index contributed by atoms with van der Waals surface area (Å²) in [7, 11) is -4.54. The number of benzene rings is 3. The van der Waals surface area contributed by atoms with Crippen molar-refractivity contribution in [2.75, 3.05) is 49.6 Å². The molecule has 1 atom stereocenters. The number of fused-ring (bicyclic) bond motifs is 1. The highest BCUT2D eigenvalue weighted by molar-refractivity contribution is 7.90. The molecule has 10 rings (SSSR count). The van der Waals surface area contributed by atoms with Crippen molar-refractivity contribution < 1.29 is 27.6 Å². The number of aromatic nitrogens is 2. The zero-order chi connectivity index (χ0) is 43.3. The molecule has 3 N–H and O–H groups in total. The first-order chi connectivity index (χ1) is 30.5. The summed E-state index contributed by atoms with van der Waals surface area (Å²) in [4.78, 5) is 37.6. The number of anilines is 2. The van der Waals surface area contributed by atoms with Crippen molar-refractivity contribution in [2.24, 2.45) is 11.3 Å². The second-order valence-electron chi connectivity index (χ2n) is 18.1. The molecule has 14 nitrogen and oxygen atoms in total. The van der Waals surface area contributed by atoms with Gasteiger partial charge >= 0.3 is 0 Å². The first kappa shape index (κ1) is 41.8. The number of nitrogens with one attached hydrogen (secondary N) is 3. The molecule has 5 aromatic rings. The molecule has 5 heterocycles. The zero-order valence-corrected chi connectivity index (χ0v) is 36.6. The van der Waals surface area contributed by atoms with Gasteiger partial charge in [-0.05, 0) is 142 Å². The quantitative estimate of drug-likeness (QED) is 0.0760. The van der Waals surface area contributed by atoms with Gasteiger partial charge in [-0.1, -0.05) is 23.7 Å². The molecule has 16 heteroatoms. The summed E-state index contributed by atoms with van der Waals surface area (Å²) in [6, 6.07) is 19.9. The fourth-order valence-electron chi connectivity index (χ4n) is 10.5. The molecule has 3 aliphatic heterocycles. The summed E-state index contributed by atoms with van der Waals surface area (Å²) in [5.74, 6) is 0.486. The first-order valence-corrected chi connectivity index (χ1v) is 24.1. The molecular weight excluding hydrogens is 842 g/mol. The molecule has 3 saturated heterocycles. The molecular formula is C47H52ClN7O7S. The number of hydrogen-bond acceptors (Lipinski definition) is 11. The maximum absolute atomic E-state index is 14.0. The molecule has 2 saturated carbocycles. The highest BCUT2D eigenvalue weighted by Crippen LogP contribution is 2.55. The maximum atomic E-state index is 14.0. The number of ether oxygens (including phenoxy) is 2. The summed E-state index contributed by atoms with van der Waals surface area (Å²) >= 11 is 6.78. The van der Waals surface area contributed by atoms with E-state index in [9.17, 15) is 23.3 Å². The van der Waals surface area contributed by atoms with Crippen molar-refractivity contribution in [1.29, 1.82) is 0 Å². The third-order valence-corrected chi connectivity index (χ3v) is 15.8. The fraction of sp³-hybridized carbons (Fsp3) is 0.447. The van der Waals surface area contributed by atoms with Crippen molar-refractivity contribution in [2.45, 2.75) is 87.1 Å². The van der Waals surface area contributed by atoms with Gasteiger partial charge in [0.1, 0.15) is 22.8 Å². The van der Waals surface area contributed by atoms with Crippen LogP contribution < -0.4 is 19.7 Å². The van der Waals surface area contributed by atoms with Crippen molar-refractivity contribution in [1.82, 2.24) is 19.6 Å². The highest BCUT2D eigenvalue weighted by atomic mass is 35.5. The van der Waals surface area contributed by atoms with Crippen LogP contribution >= 0.6 is 11.6 Å². The van der Waals surface area contributed by atoms with Crippen LogP contribution in [0, 0.1) is 21.4 Å². The number of halogens is 1. The number of H-pyrrole nitrogens is 1. The van der Waals surface area contributed by atoms with E-state index in [4.69, 9.17) is 21.1 Å². The van der Waals surface area contributed by atoms with Crippen LogP contribution in [-0.4, -0.2) is 79.6 Å². The smallest absolute Gasteiger partial charge is 0.293 e. The average Bonchev–Trinajstić information content (AvgIpc) is 3.79. The third-order valence-electron chi connectivity index (χ3n) is 14.2. The van der Waals surface area contributed by atoms with Crippen LogP contribution in [0.2, 0.25) is 5.02 Å². The molecule has 1 amide bonds. The van der Waals surface area contributed by atoms with Gasteiger partial charge in [0.2, 0.25) is 0 Å². The Kier molecular flexibility index (Phi) is 11.3.